The largest absolute Gasteiger partial charge is 0.453 e. The fraction of sp³-hybridized carbons (Fsp3) is 0.833. The fourth-order valence-corrected chi connectivity index (χ4v) is 5.05. The zero-order valence-corrected chi connectivity index (χ0v) is 13.4. The average Bonchev–Trinajstić information content (AvgIpc) is 2.43. The molecule has 4 fully saturated rings. The Balaban J connectivity index is 1.81. The van der Waals surface area contributed by atoms with Crippen LogP contribution in [0.3, 0.4) is 0 Å². The zero-order chi connectivity index (χ0) is 15.0. The molecule has 0 spiro atoms. The fourth-order valence-electron chi connectivity index (χ4n) is 5.05. The molecule has 0 aromatic heterocycles. The second-order valence-corrected chi connectivity index (χ2v) is 7.48. The number of hydrogen-bond acceptors (Lipinski definition) is 3. The van der Waals surface area contributed by atoms with E-state index in [1.807, 2.05) is 0 Å². The number of hydrogen-bond donors (Lipinski definition) is 0. The monoisotopic (exact) mass is 292 g/mol. The molecule has 0 unspecified atom stereocenters. The molecule has 3 nitrogen and oxygen atoms in total. The van der Waals surface area contributed by atoms with Gasteiger partial charge in [0, 0.05) is 24.0 Å². The second-order valence-electron chi connectivity index (χ2n) is 7.48. The summed E-state index contributed by atoms with van der Waals surface area (Å²) in [7, 11) is 0. The van der Waals surface area contributed by atoms with Gasteiger partial charge in [-0.25, -0.2) is 4.79 Å². The lowest BCUT2D eigenvalue weighted by Gasteiger charge is -2.59. The molecule has 4 aliphatic rings. The molecule has 118 valence electrons. The number of carbonyl (C=O) groups excluding carboxylic acids is 1. The Kier molecular flexibility index (Phi) is 4.13. The van der Waals surface area contributed by atoms with Crippen molar-refractivity contribution in [3.63, 3.8) is 0 Å². The predicted octanol–water partition coefficient (Wildman–Crippen LogP) is 3.73. The molecule has 4 bridgehead atoms. The van der Waals surface area contributed by atoms with Gasteiger partial charge in [-0.1, -0.05) is 13.5 Å². The van der Waals surface area contributed by atoms with Crippen LogP contribution < -0.4 is 0 Å². The van der Waals surface area contributed by atoms with Gasteiger partial charge in [0.15, 0.2) is 0 Å². The average molecular weight is 292 g/mol. The number of esters is 1. The van der Waals surface area contributed by atoms with E-state index >= 15 is 0 Å². The first-order valence-corrected chi connectivity index (χ1v) is 8.51. The highest BCUT2D eigenvalue weighted by Crippen LogP contribution is 2.59. The Morgan fingerprint density at radius 1 is 1.14 bits per heavy atom. The summed E-state index contributed by atoms with van der Waals surface area (Å²) in [6, 6.07) is 0. The van der Waals surface area contributed by atoms with Crippen molar-refractivity contribution < 1.29 is 14.3 Å². The molecule has 0 aromatic rings. The van der Waals surface area contributed by atoms with Crippen LogP contribution in [-0.2, 0) is 14.3 Å². The van der Waals surface area contributed by atoms with Crippen LogP contribution in [-0.4, -0.2) is 24.8 Å². The quantitative estimate of drug-likeness (QED) is 0.425. The van der Waals surface area contributed by atoms with Gasteiger partial charge in [-0.15, -0.1) is 0 Å². The summed E-state index contributed by atoms with van der Waals surface area (Å²) >= 11 is 0. The van der Waals surface area contributed by atoms with Crippen molar-refractivity contribution in [1.29, 1.82) is 0 Å². The molecule has 4 saturated carbocycles. The number of ether oxygens (including phenoxy) is 2. The van der Waals surface area contributed by atoms with E-state index in [-0.39, 0.29) is 11.6 Å². The molecule has 0 saturated heterocycles. The number of carbonyl (C=O) groups is 1. The molecule has 0 aromatic carbocycles. The second kappa shape index (κ2) is 5.75. The highest BCUT2D eigenvalue weighted by atomic mass is 16.6. The van der Waals surface area contributed by atoms with Crippen LogP contribution >= 0.6 is 0 Å². The third kappa shape index (κ3) is 2.65. The lowest BCUT2D eigenvalue weighted by molar-refractivity contribution is -0.223. The van der Waals surface area contributed by atoms with E-state index < -0.39 is 0 Å². The lowest BCUT2D eigenvalue weighted by Crippen LogP contribution is -2.62. The van der Waals surface area contributed by atoms with Gasteiger partial charge >= 0.3 is 5.97 Å². The van der Waals surface area contributed by atoms with Crippen LogP contribution in [0.1, 0.15) is 52.4 Å². The third-order valence-electron chi connectivity index (χ3n) is 5.83. The van der Waals surface area contributed by atoms with Gasteiger partial charge < -0.3 is 9.47 Å². The first kappa shape index (κ1) is 15.1. The Morgan fingerprint density at radius 3 is 2.19 bits per heavy atom. The van der Waals surface area contributed by atoms with E-state index in [1.54, 1.807) is 6.92 Å². The van der Waals surface area contributed by atoms with E-state index in [4.69, 9.17) is 9.47 Å². The van der Waals surface area contributed by atoms with E-state index in [9.17, 15) is 4.79 Å². The molecule has 0 aliphatic heterocycles. The van der Waals surface area contributed by atoms with Crippen LogP contribution in [0.15, 0.2) is 12.2 Å². The van der Waals surface area contributed by atoms with Crippen molar-refractivity contribution in [2.45, 2.75) is 58.0 Å². The van der Waals surface area contributed by atoms with E-state index in [2.05, 4.69) is 13.5 Å². The Labute approximate surface area is 128 Å². The third-order valence-corrected chi connectivity index (χ3v) is 5.83. The van der Waals surface area contributed by atoms with Crippen LogP contribution in [0.2, 0.25) is 0 Å². The van der Waals surface area contributed by atoms with Crippen LogP contribution in [0, 0.1) is 23.7 Å². The van der Waals surface area contributed by atoms with E-state index in [1.165, 1.54) is 32.1 Å². The van der Waals surface area contributed by atoms with Crippen LogP contribution in [0.25, 0.3) is 0 Å². The standard InChI is InChI=1S/C18H28O3/c1-4-5-20-11-18(21-17(19)12(2)3)15-7-13-6-14(9-15)10-16(18)8-13/h13-16H,2,4-11H2,1,3H3. The normalized spacial score (nSPS) is 40.3. The van der Waals surface area contributed by atoms with Gasteiger partial charge in [-0.2, -0.15) is 0 Å². The summed E-state index contributed by atoms with van der Waals surface area (Å²) in [6.07, 6.45) is 7.26. The van der Waals surface area contributed by atoms with Crippen molar-refractivity contribution in [2.75, 3.05) is 13.2 Å². The van der Waals surface area contributed by atoms with Crippen molar-refractivity contribution >= 4 is 5.97 Å². The molecule has 21 heavy (non-hydrogen) atoms. The molecule has 4 rings (SSSR count). The summed E-state index contributed by atoms with van der Waals surface area (Å²) < 4.78 is 11.9. The molecular weight excluding hydrogens is 264 g/mol. The van der Waals surface area contributed by atoms with Crippen molar-refractivity contribution in [3.05, 3.63) is 12.2 Å². The summed E-state index contributed by atoms with van der Waals surface area (Å²) in [5.74, 6) is 2.47. The molecule has 0 radical (unpaired) electrons. The van der Waals surface area contributed by atoms with Crippen LogP contribution in [0.5, 0.6) is 0 Å². The van der Waals surface area contributed by atoms with E-state index in [0.717, 1.165) is 24.9 Å². The minimum atomic E-state index is -0.376. The van der Waals surface area contributed by atoms with Gasteiger partial charge in [0.2, 0.25) is 0 Å². The molecular formula is C18H28O3. The summed E-state index contributed by atoms with van der Waals surface area (Å²) in [6.45, 7) is 8.93. The highest BCUT2D eigenvalue weighted by Gasteiger charge is 2.59. The Bertz CT molecular complexity index is 398. The Hall–Kier alpha value is -0.830. The minimum absolute atomic E-state index is 0.234. The van der Waals surface area contributed by atoms with Crippen LogP contribution in [0.4, 0.5) is 0 Å². The molecule has 0 N–H and O–H groups in total. The van der Waals surface area contributed by atoms with Gasteiger partial charge in [-0.3, -0.25) is 0 Å². The number of rotatable bonds is 6. The molecule has 0 amide bonds. The molecule has 0 heterocycles. The summed E-state index contributed by atoms with van der Waals surface area (Å²) in [4.78, 5) is 12.2. The summed E-state index contributed by atoms with van der Waals surface area (Å²) in [5, 5.41) is 0. The van der Waals surface area contributed by atoms with Crippen molar-refractivity contribution in [2.24, 2.45) is 23.7 Å². The van der Waals surface area contributed by atoms with Gasteiger partial charge in [0.1, 0.15) is 5.60 Å². The maximum Gasteiger partial charge on any atom is 0.333 e. The zero-order valence-electron chi connectivity index (χ0n) is 13.4. The predicted molar refractivity (Wildman–Crippen MR) is 81.8 cm³/mol. The van der Waals surface area contributed by atoms with Crippen molar-refractivity contribution in [1.82, 2.24) is 0 Å². The van der Waals surface area contributed by atoms with E-state index in [0.29, 0.717) is 24.0 Å². The lowest BCUT2D eigenvalue weighted by atomic mass is 9.50. The minimum Gasteiger partial charge on any atom is -0.453 e. The van der Waals surface area contributed by atoms with Gasteiger partial charge in [0.05, 0.1) is 6.61 Å². The smallest absolute Gasteiger partial charge is 0.333 e. The first-order valence-electron chi connectivity index (χ1n) is 8.51. The Morgan fingerprint density at radius 2 is 1.71 bits per heavy atom. The molecule has 0 atom stereocenters. The van der Waals surface area contributed by atoms with Crippen molar-refractivity contribution in [3.8, 4) is 0 Å². The highest BCUT2D eigenvalue weighted by molar-refractivity contribution is 5.87. The molecule has 3 heteroatoms. The molecule has 4 aliphatic carbocycles. The summed E-state index contributed by atoms with van der Waals surface area (Å²) in [5.41, 5.74) is 0.122. The first-order chi connectivity index (χ1) is 10.0. The topological polar surface area (TPSA) is 35.5 Å². The maximum atomic E-state index is 12.2. The van der Waals surface area contributed by atoms with Gasteiger partial charge in [0.25, 0.3) is 0 Å². The maximum absolute atomic E-state index is 12.2. The van der Waals surface area contributed by atoms with Gasteiger partial charge in [-0.05, 0) is 57.3 Å². The SMILES string of the molecule is C=C(C)C(=O)OC1(COCCC)C2CC3CC(C2)CC1C3.